The standard InChI is InChI=1S/C14H15NO4/c1-17-11-8-10(14(16)19-3)9-12(18-2)13(11)15-6-4-5-7-15/h4-9H,1-3H3. The van der Waals surface area contributed by atoms with E-state index < -0.39 is 5.97 Å². The number of rotatable bonds is 4. The number of benzene rings is 1. The van der Waals surface area contributed by atoms with Crippen LogP contribution >= 0.6 is 0 Å². The van der Waals surface area contributed by atoms with Crippen LogP contribution in [-0.4, -0.2) is 31.9 Å². The summed E-state index contributed by atoms with van der Waals surface area (Å²) in [6.45, 7) is 0. The average Bonchev–Trinajstić information content (AvgIpc) is 2.98. The minimum absolute atomic E-state index is 0.382. The Hall–Kier alpha value is -2.43. The van der Waals surface area contributed by atoms with Crippen molar-refractivity contribution in [3.63, 3.8) is 0 Å². The second kappa shape index (κ2) is 5.48. The Bertz CT molecular complexity index is 550. The highest BCUT2D eigenvalue weighted by Gasteiger charge is 2.17. The molecule has 0 spiro atoms. The Balaban J connectivity index is 2.63. The number of hydrogen-bond donors (Lipinski definition) is 0. The summed E-state index contributed by atoms with van der Waals surface area (Å²) >= 11 is 0. The van der Waals surface area contributed by atoms with Crippen molar-refractivity contribution in [2.75, 3.05) is 21.3 Å². The Morgan fingerprint density at radius 3 is 1.95 bits per heavy atom. The van der Waals surface area contributed by atoms with Gasteiger partial charge in [0.05, 0.1) is 26.9 Å². The minimum atomic E-state index is -0.435. The van der Waals surface area contributed by atoms with Crippen molar-refractivity contribution in [3.8, 4) is 17.2 Å². The van der Waals surface area contributed by atoms with Crippen LogP contribution in [-0.2, 0) is 4.74 Å². The molecule has 0 bridgehead atoms. The molecule has 100 valence electrons. The van der Waals surface area contributed by atoms with Crippen LogP contribution in [0.25, 0.3) is 5.69 Å². The summed E-state index contributed by atoms with van der Waals surface area (Å²) in [5.41, 5.74) is 1.12. The van der Waals surface area contributed by atoms with Gasteiger partial charge in [-0.3, -0.25) is 0 Å². The predicted octanol–water partition coefficient (Wildman–Crippen LogP) is 2.28. The van der Waals surface area contributed by atoms with Gasteiger partial charge in [0.2, 0.25) is 0 Å². The van der Waals surface area contributed by atoms with Crippen LogP contribution in [0, 0.1) is 0 Å². The van der Waals surface area contributed by atoms with Crippen molar-refractivity contribution < 1.29 is 19.0 Å². The highest BCUT2D eigenvalue weighted by atomic mass is 16.5. The molecule has 1 aromatic carbocycles. The lowest BCUT2D eigenvalue weighted by atomic mass is 10.1. The molecule has 0 atom stereocenters. The molecular formula is C14H15NO4. The lowest BCUT2D eigenvalue weighted by molar-refractivity contribution is 0.0600. The van der Waals surface area contributed by atoms with Crippen molar-refractivity contribution in [2.45, 2.75) is 0 Å². The van der Waals surface area contributed by atoms with Crippen LogP contribution < -0.4 is 9.47 Å². The van der Waals surface area contributed by atoms with E-state index in [0.717, 1.165) is 5.69 Å². The second-order valence-corrected chi connectivity index (χ2v) is 3.81. The van der Waals surface area contributed by atoms with Gasteiger partial charge in [-0.2, -0.15) is 0 Å². The van der Waals surface area contributed by atoms with E-state index in [1.54, 1.807) is 26.4 Å². The number of esters is 1. The van der Waals surface area contributed by atoms with Gasteiger partial charge in [-0.1, -0.05) is 0 Å². The fraction of sp³-hybridized carbons (Fsp3) is 0.214. The Kier molecular flexibility index (Phi) is 3.75. The molecule has 0 N–H and O–H groups in total. The summed E-state index contributed by atoms with van der Waals surface area (Å²) in [4.78, 5) is 11.6. The van der Waals surface area contributed by atoms with E-state index in [-0.39, 0.29) is 0 Å². The van der Waals surface area contributed by atoms with Crippen molar-refractivity contribution in [1.29, 1.82) is 0 Å². The summed E-state index contributed by atoms with van der Waals surface area (Å²) in [6, 6.07) is 7.05. The van der Waals surface area contributed by atoms with E-state index in [2.05, 4.69) is 0 Å². The van der Waals surface area contributed by atoms with Gasteiger partial charge in [-0.05, 0) is 24.3 Å². The summed E-state index contributed by atoms with van der Waals surface area (Å²) in [5, 5.41) is 0. The molecule has 19 heavy (non-hydrogen) atoms. The topological polar surface area (TPSA) is 49.7 Å². The van der Waals surface area contributed by atoms with Gasteiger partial charge < -0.3 is 18.8 Å². The SMILES string of the molecule is COC(=O)c1cc(OC)c(-n2cccc2)c(OC)c1. The summed E-state index contributed by atoms with van der Waals surface area (Å²) in [7, 11) is 4.42. The maximum Gasteiger partial charge on any atom is 0.338 e. The van der Waals surface area contributed by atoms with Crippen molar-refractivity contribution >= 4 is 5.97 Å². The van der Waals surface area contributed by atoms with Gasteiger partial charge >= 0.3 is 5.97 Å². The highest BCUT2D eigenvalue weighted by Crippen LogP contribution is 2.34. The van der Waals surface area contributed by atoms with E-state index in [4.69, 9.17) is 14.2 Å². The van der Waals surface area contributed by atoms with Crippen molar-refractivity contribution in [3.05, 3.63) is 42.2 Å². The van der Waals surface area contributed by atoms with Crippen LogP contribution in [0.1, 0.15) is 10.4 Å². The van der Waals surface area contributed by atoms with E-state index in [0.29, 0.717) is 17.1 Å². The largest absolute Gasteiger partial charge is 0.494 e. The quantitative estimate of drug-likeness (QED) is 0.792. The number of hydrogen-bond acceptors (Lipinski definition) is 4. The summed E-state index contributed by atoms with van der Waals surface area (Å²) < 4.78 is 17.2. The molecule has 0 aliphatic carbocycles. The zero-order valence-electron chi connectivity index (χ0n) is 11.0. The van der Waals surface area contributed by atoms with Gasteiger partial charge in [-0.25, -0.2) is 4.79 Å². The van der Waals surface area contributed by atoms with Crippen LogP contribution in [0.5, 0.6) is 11.5 Å². The molecule has 0 unspecified atom stereocenters. The molecule has 2 rings (SSSR count). The molecule has 2 aromatic rings. The molecule has 0 amide bonds. The lowest BCUT2D eigenvalue weighted by Gasteiger charge is -2.15. The Morgan fingerprint density at radius 1 is 1.00 bits per heavy atom. The van der Waals surface area contributed by atoms with E-state index in [1.807, 2.05) is 29.1 Å². The molecule has 0 aliphatic heterocycles. The average molecular weight is 261 g/mol. The van der Waals surface area contributed by atoms with Gasteiger partial charge in [-0.15, -0.1) is 0 Å². The number of ether oxygens (including phenoxy) is 3. The third-order valence-electron chi connectivity index (χ3n) is 2.76. The van der Waals surface area contributed by atoms with E-state index in [9.17, 15) is 4.79 Å². The van der Waals surface area contributed by atoms with Crippen molar-refractivity contribution in [2.24, 2.45) is 0 Å². The molecule has 1 heterocycles. The van der Waals surface area contributed by atoms with Crippen LogP contribution in [0.15, 0.2) is 36.7 Å². The van der Waals surface area contributed by atoms with Crippen LogP contribution in [0.4, 0.5) is 0 Å². The van der Waals surface area contributed by atoms with Gasteiger partial charge in [0, 0.05) is 12.4 Å². The van der Waals surface area contributed by atoms with E-state index >= 15 is 0 Å². The lowest BCUT2D eigenvalue weighted by Crippen LogP contribution is -2.06. The maximum absolute atomic E-state index is 11.6. The first-order valence-corrected chi connectivity index (χ1v) is 5.69. The molecular weight excluding hydrogens is 246 g/mol. The van der Waals surface area contributed by atoms with E-state index in [1.165, 1.54) is 7.11 Å². The Morgan fingerprint density at radius 2 is 1.53 bits per heavy atom. The first kappa shape index (κ1) is 13.0. The van der Waals surface area contributed by atoms with Crippen LogP contribution in [0.3, 0.4) is 0 Å². The molecule has 5 heteroatoms. The normalized spacial score (nSPS) is 10.1. The number of aromatic nitrogens is 1. The number of carbonyl (C=O) groups is 1. The zero-order chi connectivity index (χ0) is 13.8. The van der Waals surface area contributed by atoms with Gasteiger partial charge in [0.25, 0.3) is 0 Å². The molecule has 0 fully saturated rings. The number of methoxy groups -OCH3 is 3. The smallest absolute Gasteiger partial charge is 0.338 e. The molecule has 1 aromatic heterocycles. The zero-order valence-corrected chi connectivity index (χ0v) is 11.0. The Labute approximate surface area is 111 Å². The summed E-state index contributed by atoms with van der Waals surface area (Å²) in [5.74, 6) is 0.641. The third-order valence-corrected chi connectivity index (χ3v) is 2.76. The monoisotopic (exact) mass is 261 g/mol. The molecule has 0 saturated heterocycles. The van der Waals surface area contributed by atoms with Gasteiger partial charge in [0.15, 0.2) is 0 Å². The first-order valence-electron chi connectivity index (χ1n) is 5.69. The maximum atomic E-state index is 11.6. The molecule has 0 aliphatic rings. The molecule has 0 saturated carbocycles. The fourth-order valence-electron chi connectivity index (χ4n) is 1.87. The summed E-state index contributed by atoms with van der Waals surface area (Å²) in [6.07, 6.45) is 3.75. The van der Waals surface area contributed by atoms with Crippen LogP contribution in [0.2, 0.25) is 0 Å². The third kappa shape index (κ3) is 2.40. The minimum Gasteiger partial charge on any atom is -0.494 e. The second-order valence-electron chi connectivity index (χ2n) is 3.81. The number of nitrogens with zero attached hydrogens (tertiary/aromatic N) is 1. The first-order chi connectivity index (χ1) is 9.21. The number of carbonyl (C=O) groups excluding carboxylic acids is 1. The molecule has 5 nitrogen and oxygen atoms in total. The van der Waals surface area contributed by atoms with Gasteiger partial charge in [0.1, 0.15) is 17.2 Å². The predicted molar refractivity (Wildman–Crippen MR) is 70.2 cm³/mol. The van der Waals surface area contributed by atoms with Crippen molar-refractivity contribution in [1.82, 2.24) is 4.57 Å². The fourth-order valence-corrected chi connectivity index (χ4v) is 1.87. The molecule has 0 radical (unpaired) electrons. The highest BCUT2D eigenvalue weighted by molar-refractivity contribution is 5.91.